The highest BCUT2D eigenvalue weighted by Gasteiger charge is 2.11. The Balaban J connectivity index is 2.79. The molecule has 0 aliphatic carbocycles. The van der Waals surface area contributed by atoms with E-state index in [9.17, 15) is 0 Å². The Kier molecular flexibility index (Phi) is 6.99. The van der Waals surface area contributed by atoms with E-state index in [0.717, 1.165) is 47.5 Å². The van der Waals surface area contributed by atoms with Crippen molar-refractivity contribution in [2.45, 2.75) is 47.1 Å². The highest BCUT2D eigenvalue weighted by molar-refractivity contribution is 7.99. The lowest BCUT2D eigenvalue weighted by molar-refractivity contribution is 0.883. The fourth-order valence-corrected chi connectivity index (χ4v) is 2.43. The second kappa shape index (κ2) is 8.25. The van der Waals surface area contributed by atoms with Gasteiger partial charge in [-0.3, -0.25) is 0 Å². The second-order valence-electron chi connectivity index (χ2n) is 4.72. The van der Waals surface area contributed by atoms with Gasteiger partial charge in [0.05, 0.1) is 0 Å². The predicted octanol–water partition coefficient (Wildman–Crippen LogP) is 3.47. The molecule has 1 unspecified atom stereocenters. The van der Waals surface area contributed by atoms with Crippen LogP contribution in [0.5, 0.6) is 0 Å². The Morgan fingerprint density at radius 2 is 1.84 bits per heavy atom. The maximum atomic E-state index is 4.52. The minimum Gasteiger partial charge on any atom is -0.370 e. The molecule has 1 aromatic rings. The lowest BCUT2D eigenvalue weighted by Gasteiger charge is -2.18. The molecule has 0 aliphatic heterocycles. The van der Waals surface area contributed by atoms with E-state index < -0.39 is 0 Å². The van der Waals surface area contributed by atoms with Crippen LogP contribution in [-0.4, -0.2) is 34.1 Å². The van der Waals surface area contributed by atoms with Crippen LogP contribution in [0.4, 0.5) is 11.6 Å². The van der Waals surface area contributed by atoms with Gasteiger partial charge in [0.25, 0.3) is 0 Å². The second-order valence-corrected chi connectivity index (χ2v) is 6.04. The molecule has 1 aromatic heterocycles. The number of nitrogens with one attached hydrogen (secondary N) is 2. The van der Waals surface area contributed by atoms with Crippen LogP contribution in [0.15, 0.2) is 0 Å². The number of hydrogen-bond acceptors (Lipinski definition) is 5. The van der Waals surface area contributed by atoms with Gasteiger partial charge in [0.15, 0.2) is 0 Å². The fourth-order valence-electron chi connectivity index (χ4n) is 1.75. The minimum absolute atomic E-state index is 0.414. The first-order chi connectivity index (χ1) is 9.08. The van der Waals surface area contributed by atoms with Crippen LogP contribution in [0.3, 0.4) is 0 Å². The number of aromatic nitrogens is 2. The van der Waals surface area contributed by atoms with Gasteiger partial charge in [0.1, 0.15) is 17.5 Å². The number of hydrogen-bond donors (Lipinski definition) is 2. The third-order valence-electron chi connectivity index (χ3n) is 2.76. The molecule has 108 valence electrons. The van der Waals surface area contributed by atoms with Gasteiger partial charge < -0.3 is 10.6 Å². The van der Waals surface area contributed by atoms with Gasteiger partial charge in [-0.15, -0.1) is 0 Å². The van der Waals surface area contributed by atoms with Gasteiger partial charge in [-0.25, -0.2) is 9.97 Å². The fraction of sp³-hybridized carbons (Fsp3) is 0.714. The van der Waals surface area contributed by atoms with Crippen molar-refractivity contribution in [2.24, 2.45) is 0 Å². The molecule has 1 atom stereocenters. The topological polar surface area (TPSA) is 49.8 Å². The summed E-state index contributed by atoms with van der Waals surface area (Å²) in [7, 11) is 0. The quantitative estimate of drug-likeness (QED) is 0.764. The number of anilines is 2. The van der Waals surface area contributed by atoms with E-state index in [1.807, 2.05) is 18.7 Å². The summed E-state index contributed by atoms with van der Waals surface area (Å²) >= 11 is 1.94. The van der Waals surface area contributed by atoms with Crippen molar-refractivity contribution < 1.29 is 0 Å². The van der Waals surface area contributed by atoms with Crippen LogP contribution in [-0.2, 0) is 0 Å². The van der Waals surface area contributed by atoms with Gasteiger partial charge >= 0.3 is 0 Å². The zero-order valence-corrected chi connectivity index (χ0v) is 13.5. The van der Waals surface area contributed by atoms with Crippen LogP contribution >= 0.6 is 11.8 Å². The summed E-state index contributed by atoms with van der Waals surface area (Å²) in [6.07, 6.45) is 1.09. The molecule has 0 saturated heterocycles. The Morgan fingerprint density at radius 3 is 2.47 bits per heavy atom. The van der Waals surface area contributed by atoms with Crippen molar-refractivity contribution in [1.82, 2.24) is 9.97 Å². The predicted molar refractivity (Wildman–Crippen MR) is 86.4 cm³/mol. The summed E-state index contributed by atoms with van der Waals surface area (Å²) in [5, 5.41) is 6.85. The lowest BCUT2D eigenvalue weighted by Crippen LogP contribution is -2.21. The SMILES string of the molecule is CCCNc1nc(C)nc(NC(C)CSCC)c1C. The van der Waals surface area contributed by atoms with E-state index in [1.54, 1.807) is 0 Å². The van der Waals surface area contributed by atoms with Crippen molar-refractivity contribution in [3.63, 3.8) is 0 Å². The van der Waals surface area contributed by atoms with Gasteiger partial charge in [0.2, 0.25) is 0 Å². The van der Waals surface area contributed by atoms with Crippen LogP contribution in [0.1, 0.15) is 38.6 Å². The van der Waals surface area contributed by atoms with Crippen molar-refractivity contribution >= 4 is 23.4 Å². The summed E-state index contributed by atoms with van der Waals surface area (Å²) in [4.78, 5) is 8.99. The average Bonchev–Trinajstić information content (AvgIpc) is 2.38. The van der Waals surface area contributed by atoms with Gasteiger partial charge in [-0.1, -0.05) is 13.8 Å². The van der Waals surface area contributed by atoms with Crippen molar-refractivity contribution in [2.75, 3.05) is 28.7 Å². The zero-order valence-electron chi connectivity index (χ0n) is 12.7. The molecular formula is C14H26N4S. The highest BCUT2D eigenvalue weighted by Crippen LogP contribution is 2.21. The Morgan fingerprint density at radius 1 is 1.16 bits per heavy atom. The molecule has 0 radical (unpaired) electrons. The third kappa shape index (κ3) is 5.27. The molecule has 2 N–H and O–H groups in total. The molecule has 1 rings (SSSR count). The Labute approximate surface area is 121 Å². The zero-order chi connectivity index (χ0) is 14.3. The molecule has 19 heavy (non-hydrogen) atoms. The average molecular weight is 282 g/mol. The van der Waals surface area contributed by atoms with Crippen molar-refractivity contribution in [3.8, 4) is 0 Å². The highest BCUT2D eigenvalue weighted by atomic mass is 32.2. The lowest BCUT2D eigenvalue weighted by atomic mass is 10.2. The van der Waals surface area contributed by atoms with Gasteiger partial charge in [-0.2, -0.15) is 11.8 Å². The van der Waals surface area contributed by atoms with Crippen LogP contribution in [0, 0.1) is 13.8 Å². The largest absolute Gasteiger partial charge is 0.370 e. The van der Waals surface area contributed by atoms with Crippen molar-refractivity contribution in [3.05, 3.63) is 11.4 Å². The first-order valence-corrected chi connectivity index (χ1v) is 8.17. The third-order valence-corrected chi connectivity index (χ3v) is 3.90. The van der Waals surface area contributed by atoms with Crippen LogP contribution in [0.25, 0.3) is 0 Å². The van der Waals surface area contributed by atoms with E-state index in [1.165, 1.54) is 0 Å². The summed E-state index contributed by atoms with van der Waals surface area (Å²) in [6, 6.07) is 0.414. The summed E-state index contributed by atoms with van der Waals surface area (Å²) in [5.74, 6) is 4.96. The molecule has 5 heteroatoms. The first-order valence-electron chi connectivity index (χ1n) is 7.01. The Bertz CT molecular complexity index is 395. The van der Waals surface area contributed by atoms with E-state index in [2.05, 4.69) is 48.3 Å². The molecule has 4 nitrogen and oxygen atoms in total. The molecule has 0 bridgehead atoms. The smallest absolute Gasteiger partial charge is 0.134 e. The molecule has 0 aliphatic rings. The van der Waals surface area contributed by atoms with Crippen LogP contribution < -0.4 is 10.6 Å². The van der Waals surface area contributed by atoms with E-state index in [-0.39, 0.29) is 0 Å². The number of nitrogens with zero attached hydrogens (tertiary/aromatic N) is 2. The van der Waals surface area contributed by atoms with Crippen LogP contribution in [0.2, 0.25) is 0 Å². The molecule has 0 amide bonds. The summed E-state index contributed by atoms with van der Waals surface area (Å²) in [5.41, 5.74) is 1.10. The number of thioether (sulfide) groups is 1. The first kappa shape index (κ1) is 16.1. The molecule has 1 heterocycles. The molecule has 0 aromatic carbocycles. The number of aryl methyl sites for hydroxylation is 1. The molecule has 0 saturated carbocycles. The molecular weight excluding hydrogens is 256 g/mol. The van der Waals surface area contributed by atoms with E-state index >= 15 is 0 Å². The normalized spacial score (nSPS) is 12.3. The van der Waals surface area contributed by atoms with Gasteiger partial charge in [-0.05, 0) is 32.9 Å². The van der Waals surface area contributed by atoms with E-state index in [4.69, 9.17) is 0 Å². The maximum Gasteiger partial charge on any atom is 0.134 e. The summed E-state index contributed by atoms with van der Waals surface area (Å²) < 4.78 is 0. The monoisotopic (exact) mass is 282 g/mol. The Hall–Kier alpha value is -0.970. The van der Waals surface area contributed by atoms with E-state index in [0.29, 0.717) is 6.04 Å². The molecule has 0 fully saturated rings. The number of rotatable bonds is 8. The standard InChI is InChI=1S/C14H26N4S/c1-6-8-15-13-11(4)14(18-12(5)17-13)16-10(3)9-19-7-2/h10H,6-9H2,1-5H3,(H2,15,16,17,18). The molecule has 0 spiro atoms. The van der Waals surface area contributed by atoms with Crippen molar-refractivity contribution in [1.29, 1.82) is 0 Å². The summed E-state index contributed by atoms with van der Waals surface area (Å²) in [6.45, 7) is 11.5. The van der Waals surface area contributed by atoms with Gasteiger partial charge in [0, 0.05) is 23.9 Å². The maximum absolute atomic E-state index is 4.52. The minimum atomic E-state index is 0.414.